The number of hydrogen-bond donors (Lipinski definition) is 2. The molecule has 1 atom stereocenters. The molecule has 1 aromatic carbocycles. The van der Waals surface area contributed by atoms with Crippen molar-refractivity contribution >= 4 is 34.3 Å². The maximum Gasteiger partial charge on any atom is 0.273 e. The first-order valence-electron chi connectivity index (χ1n) is 12.6. The Balaban J connectivity index is 1.77. The van der Waals surface area contributed by atoms with Crippen molar-refractivity contribution in [1.82, 2.24) is 14.8 Å². The molecule has 190 valence electrons. The Morgan fingerprint density at radius 3 is 2.66 bits per heavy atom. The fraction of sp³-hybridized carbons (Fsp3) is 0.577. The number of rotatable bonds is 8. The highest BCUT2D eigenvalue weighted by molar-refractivity contribution is 6.14. The summed E-state index contributed by atoms with van der Waals surface area (Å²) in [6.07, 6.45) is 5.77. The zero-order valence-electron chi connectivity index (χ0n) is 20.8. The number of amides is 3. The summed E-state index contributed by atoms with van der Waals surface area (Å²) in [5, 5.41) is 6.37. The minimum atomic E-state index is -1.15. The monoisotopic (exact) mass is 486 g/mol. The third kappa shape index (κ3) is 4.91. The van der Waals surface area contributed by atoms with Crippen molar-refractivity contribution < 1.29 is 23.5 Å². The van der Waals surface area contributed by atoms with Gasteiger partial charge in [-0.05, 0) is 51.3 Å². The third-order valence-corrected chi connectivity index (χ3v) is 7.14. The molecule has 8 nitrogen and oxygen atoms in total. The molecular weight excluding hydrogens is 451 g/mol. The molecule has 0 radical (unpaired) electrons. The maximum absolute atomic E-state index is 14.2. The fourth-order valence-electron chi connectivity index (χ4n) is 5.36. The summed E-state index contributed by atoms with van der Waals surface area (Å²) >= 11 is 0. The average molecular weight is 487 g/mol. The number of fused-ring (bicyclic) bond motifs is 3. The lowest BCUT2D eigenvalue weighted by Crippen LogP contribution is -2.65. The summed E-state index contributed by atoms with van der Waals surface area (Å²) in [6.45, 7) is 6.61. The van der Waals surface area contributed by atoms with Crippen LogP contribution in [0.3, 0.4) is 0 Å². The molecule has 1 unspecified atom stereocenters. The van der Waals surface area contributed by atoms with Gasteiger partial charge < -0.3 is 24.8 Å². The number of anilines is 1. The fourth-order valence-corrected chi connectivity index (χ4v) is 5.36. The van der Waals surface area contributed by atoms with E-state index in [0.717, 1.165) is 25.7 Å². The maximum atomic E-state index is 14.2. The number of nitrogens with one attached hydrogen (secondary N) is 2. The summed E-state index contributed by atoms with van der Waals surface area (Å²) in [6, 6.07) is 4.33. The van der Waals surface area contributed by atoms with Gasteiger partial charge in [0, 0.05) is 38.1 Å². The van der Waals surface area contributed by atoms with Gasteiger partial charge in [0.25, 0.3) is 5.91 Å². The van der Waals surface area contributed by atoms with Crippen molar-refractivity contribution in [3.05, 3.63) is 29.7 Å². The summed E-state index contributed by atoms with van der Waals surface area (Å²) in [7, 11) is 0. The number of ether oxygens (including phenoxy) is 1. The largest absolute Gasteiger partial charge is 0.382 e. The van der Waals surface area contributed by atoms with Gasteiger partial charge in [-0.25, -0.2) is 4.39 Å². The number of nitrogens with zero attached hydrogens (tertiary/aromatic N) is 2. The second kappa shape index (κ2) is 10.4. The Labute approximate surface area is 205 Å². The van der Waals surface area contributed by atoms with Gasteiger partial charge >= 0.3 is 0 Å². The minimum absolute atomic E-state index is 0.0975. The summed E-state index contributed by atoms with van der Waals surface area (Å²) in [5.41, 5.74) is -0.00690. The van der Waals surface area contributed by atoms with E-state index in [9.17, 15) is 18.8 Å². The smallest absolute Gasteiger partial charge is 0.273 e. The summed E-state index contributed by atoms with van der Waals surface area (Å²) in [5.74, 6) is -1.38. The molecule has 9 heteroatoms. The van der Waals surface area contributed by atoms with Gasteiger partial charge in [-0.15, -0.1) is 0 Å². The van der Waals surface area contributed by atoms with E-state index < -0.39 is 11.4 Å². The minimum Gasteiger partial charge on any atom is -0.382 e. The van der Waals surface area contributed by atoms with Crippen molar-refractivity contribution in [3.63, 3.8) is 0 Å². The highest BCUT2D eigenvalue weighted by atomic mass is 19.1. The molecule has 1 aromatic heterocycles. The van der Waals surface area contributed by atoms with Gasteiger partial charge in [0.2, 0.25) is 11.8 Å². The van der Waals surface area contributed by atoms with Crippen LogP contribution in [-0.4, -0.2) is 58.5 Å². The van der Waals surface area contributed by atoms with Crippen LogP contribution in [0.25, 0.3) is 10.9 Å². The molecule has 1 fully saturated rings. The second-order valence-electron chi connectivity index (χ2n) is 9.74. The van der Waals surface area contributed by atoms with Gasteiger partial charge in [-0.1, -0.05) is 19.3 Å². The number of halogens is 1. The predicted octanol–water partition coefficient (Wildman–Crippen LogP) is 3.83. The van der Waals surface area contributed by atoms with Crippen molar-refractivity contribution in [2.45, 2.75) is 77.4 Å². The molecule has 2 N–H and O–H groups in total. The first kappa shape index (κ1) is 25.2. The van der Waals surface area contributed by atoms with Gasteiger partial charge in [0.1, 0.15) is 17.1 Å². The average Bonchev–Trinajstić information content (AvgIpc) is 3.10. The molecule has 1 aliphatic carbocycles. The van der Waals surface area contributed by atoms with Crippen LogP contribution in [0.2, 0.25) is 0 Å². The van der Waals surface area contributed by atoms with Crippen LogP contribution in [0.4, 0.5) is 10.1 Å². The molecule has 2 heterocycles. The zero-order valence-corrected chi connectivity index (χ0v) is 20.8. The van der Waals surface area contributed by atoms with Crippen LogP contribution in [0.1, 0.15) is 69.8 Å². The Morgan fingerprint density at radius 2 is 1.97 bits per heavy atom. The highest BCUT2D eigenvalue weighted by Gasteiger charge is 2.49. The lowest BCUT2D eigenvalue weighted by Gasteiger charge is -2.45. The van der Waals surface area contributed by atoms with E-state index in [1.165, 1.54) is 25.5 Å². The zero-order chi connectivity index (χ0) is 25.2. The van der Waals surface area contributed by atoms with E-state index in [2.05, 4.69) is 10.6 Å². The molecule has 2 aliphatic rings. The number of benzene rings is 1. The second-order valence-corrected chi connectivity index (χ2v) is 9.74. The van der Waals surface area contributed by atoms with Crippen molar-refractivity contribution in [1.29, 1.82) is 0 Å². The van der Waals surface area contributed by atoms with E-state index >= 15 is 0 Å². The number of carbonyl (C=O) groups excluding carboxylic acids is 3. The Morgan fingerprint density at radius 1 is 1.23 bits per heavy atom. The topological polar surface area (TPSA) is 92.7 Å². The van der Waals surface area contributed by atoms with Gasteiger partial charge in [-0.2, -0.15) is 0 Å². The molecule has 3 amide bonds. The third-order valence-electron chi connectivity index (χ3n) is 7.14. The van der Waals surface area contributed by atoms with Crippen LogP contribution in [0.5, 0.6) is 0 Å². The summed E-state index contributed by atoms with van der Waals surface area (Å²) in [4.78, 5) is 41.3. The molecule has 0 bridgehead atoms. The van der Waals surface area contributed by atoms with E-state index in [-0.39, 0.29) is 41.7 Å². The van der Waals surface area contributed by atoms with Crippen LogP contribution >= 0.6 is 0 Å². The van der Waals surface area contributed by atoms with Crippen LogP contribution in [0, 0.1) is 5.82 Å². The number of hydrogen-bond acceptors (Lipinski definition) is 4. The van der Waals surface area contributed by atoms with Crippen LogP contribution in [0.15, 0.2) is 18.2 Å². The summed E-state index contributed by atoms with van der Waals surface area (Å²) < 4.78 is 21.4. The first-order valence-corrected chi connectivity index (χ1v) is 12.6. The standard InChI is InChI=1S/C26H35FN4O4/c1-4-35-14-8-13-31-24(33)23-22(28-17(2)32)20-15-18(27)11-12-21(20)30(23)16-26(31,3)25(34)29-19-9-6-5-7-10-19/h11-12,15,19H,4-10,13-14,16H2,1-3H3,(H,28,32)(H,29,34). The number of carbonyl (C=O) groups is 3. The van der Waals surface area contributed by atoms with Crippen molar-refractivity contribution in [2.75, 3.05) is 25.1 Å². The normalized spacial score (nSPS) is 20.7. The van der Waals surface area contributed by atoms with E-state index in [1.807, 2.05) is 6.92 Å². The SMILES string of the molecule is CCOCCCN1C(=O)c2c(NC(C)=O)c3cc(F)ccc3n2CC1(C)C(=O)NC1CCCCC1. The molecule has 0 saturated heterocycles. The van der Waals surface area contributed by atoms with Gasteiger partial charge in [0.05, 0.1) is 17.7 Å². The molecule has 0 spiro atoms. The first-order chi connectivity index (χ1) is 16.8. The lowest BCUT2D eigenvalue weighted by atomic mass is 9.91. The van der Waals surface area contributed by atoms with Gasteiger partial charge in [0.15, 0.2) is 0 Å². The molecule has 1 saturated carbocycles. The van der Waals surface area contributed by atoms with Crippen molar-refractivity contribution in [3.8, 4) is 0 Å². The molecular formula is C26H35FN4O4. The van der Waals surface area contributed by atoms with Crippen molar-refractivity contribution in [2.24, 2.45) is 0 Å². The molecule has 2 aromatic rings. The Kier molecular flexibility index (Phi) is 7.44. The van der Waals surface area contributed by atoms with E-state index in [0.29, 0.717) is 37.1 Å². The molecule has 1 aliphatic heterocycles. The predicted molar refractivity (Wildman–Crippen MR) is 132 cm³/mol. The van der Waals surface area contributed by atoms with Crippen LogP contribution < -0.4 is 10.6 Å². The van der Waals surface area contributed by atoms with Gasteiger partial charge in [-0.3, -0.25) is 14.4 Å². The molecule has 4 rings (SSSR count). The quantitative estimate of drug-likeness (QED) is 0.555. The van der Waals surface area contributed by atoms with Crippen LogP contribution in [-0.2, 0) is 20.9 Å². The molecule has 35 heavy (non-hydrogen) atoms. The number of aromatic nitrogens is 1. The Bertz CT molecular complexity index is 1120. The lowest BCUT2D eigenvalue weighted by molar-refractivity contribution is -0.134. The Hall–Kier alpha value is -2.94. The van der Waals surface area contributed by atoms with E-state index in [4.69, 9.17) is 4.74 Å². The highest BCUT2D eigenvalue weighted by Crippen LogP contribution is 2.39. The van der Waals surface area contributed by atoms with E-state index in [1.54, 1.807) is 22.5 Å².